The van der Waals surface area contributed by atoms with Crippen LogP contribution in [0.5, 0.6) is 0 Å². The molecule has 10 heteroatoms. The van der Waals surface area contributed by atoms with Crippen molar-refractivity contribution in [2.45, 2.75) is 18.7 Å². The highest BCUT2D eigenvalue weighted by Crippen LogP contribution is 2.25. The molecule has 0 aromatic heterocycles. The predicted molar refractivity (Wildman–Crippen MR) is 115 cm³/mol. The average Bonchev–Trinajstić information content (AvgIpc) is 2.67. The van der Waals surface area contributed by atoms with Crippen LogP contribution in [0.2, 0.25) is 0 Å². The zero-order chi connectivity index (χ0) is 21.4. The topological polar surface area (TPSA) is 110 Å². The van der Waals surface area contributed by atoms with E-state index in [4.69, 9.17) is 0 Å². The Morgan fingerprint density at radius 2 is 1.90 bits per heavy atom. The van der Waals surface area contributed by atoms with E-state index in [0.717, 1.165) is 22.4 Å². The highest BCUT2D eigenvalue weighted by Gasteiger charge is 2.29. The molecule has 0 aliphatic heterocycles. The van der Waals surface area contributed by atoms with Gasteiger partial charge in [-0.15, -0.1) is 0 Å². The molecule has 0 heterocycles. The third-order valence-corrected chi connectivity index (χ3v) is 6.31. The normalized spacial score (nSPS) is 12.2. The summed E-state index contributed by atoms with van der Waals surface area (Å²) in [5.74, 6) is 1.01. The first-order chi connectivity index (χ1) is 13.7. The first kappa shape index (κ1) is 22.7. The molecule has 0 aliphatic rings. The maximum absolute atomic E-state index is 12.5. The number of nitro groups is 1. The zero-order valence-corrected chi connectivity index (χ0v) is 17.8. The summed E-state index contributed by atoms with van der Waals surface area (Å²) >= 11 is 1.65. The molecule has 0 spiro atoms. The van der Waals surface area contributed by atoms with Crippen LogP contribution >= 0.6 is 11.8 Å². The fraction of sp³-hybridized carbons (Fsp3) is 0.316. The van der Waals surface area contributed by atoms with E-state index in [1.807, 2.05) is 30.3 Å². The van der Waals surface area contributed by atoms with Gasteiger partial charge in [0.2, 0.25) is 15.9 Å². The molecule has 0 bridgehead atoms. The molecule has 2 aromatic rings. The number of nitrogens with zero attached hydrogens (tertiary/aromatic N) is 2. The Hall–Kier alpha value is -2.59. The number of nitrogens with one attached hydrogen (secondary N) is 1. The SMILES string of the molecule is C[C@H](C(=O)NCCSCc1ccccc1)N(c1cccc([N+](=O)[O-])c1)S(C)(=O)=O. The van der Waals surface area contributed by atoms with Crippen molar-refractivity contribution in [3.05, 3.63) is 70.3 Å². The maximum atomic E-state index is 12.5. The third-order valence-electron chi connectivity index (χ3n) is 4.04. The number of non-ortho nitro benzene ring substituents is 1. The number of nitro benzene ring substituents is 1. The van der Waals surface area contributed by atoms with Gasteiger partial charge in [-0.1, -0.05) is 36.4 Å². The predicted octanol–water partition coefficient (Wildman–Crippen LogP) is 2.80. The van der Waals surface area contributed by atoms with E-state index >= 15 is 0 Å². The van der Waals surface area contributed by atoms with Crippen LogP contribution in [0.15, 0.2) is 54.6 Å². The lowest BCUT2D eigenvalue weighted by Crippen LogP contribution is -2.48. The highest BCUT2D eigenvalue weighted by atomic mass is 32.2. The average molecular weight is 438 g/mol. The first-order valence-electron chi connectivity index (χ1n) is 8.83. The van der Waals surface area contributed by atoms with Crippen molar-refractivity contribution < 1.29 is 18.1 Å². The van der Waals surface area contributed by atoms with Gasteiger partial charge in [-0.05, 0) is 18.6 Å². The number of carbonyl (C=O) groups excluding carboxylic acids is 1. The summed E-state index contributed by atoms with van der Waals surface area (Å²) in [7, 11) is -3.83. The molecule has 0 saturated carbocycles. The number of sulfonamides is 1. The van der Waals surface area contributed by atoms with Crippen LogP contribution in [0.1, 0.15) is 12.5 Å². The van der Waals surface area contributed by atoms with Gasteiger partial charge in [0, 0.05) is 30.2 Å². The Balaban J connectivity index is 1.98. The van der Waals surface area contributed by atoms with E-state index in [-0.39, 0.29) is 11.4 Å². The summed E-state index contributed by atoms with van der Waals surface area (Å²) in [4.78, 5) is 22.9. The number of carbonyl (C=O) groups is 1. The lowest BCUT2D eigenvalue weighted by Gasteiger charge is -2.28. The van der Waals surface area contributed by atoms with Crippen molar-refractivity contribution in [3.8, 4) is 0 Å². The van der Waals surface area contributed by atoms with Gasteiger partial charge in [0.05, 0.1) is 16.9 Å². The molecule has 1 N–H and O–H groups in total. The second-order valence-corrected chi connectivity index (χ2v) is 9.31. The molecule has 2 rings (SSSR count). The molecule has 1 amide bonds. The van der Waals surface area contributed by atoms with Crippen molar-refractivity contribution in [3.63, 3.8) is 0 Å². The number of benzene rings is 2. The van der Waals surface area contributed by atoms with Gasteiger partial charge in [-0.25, -0.2) is 8.42 Å². The molecule has 0 saturated heterocycles. The molecule has 29 heavy (non-hydrogen) atoms. The van der Waals surface area contributed by atoms with E-state index in [1.165, 1.54) is 30.7 Å². The number of hydrogen-bond donors (Lipinski definition) is 1. The van der Waals surface area contributed by atoms with E-state index in [0.29, 0.717) is 12.3 Å². The van der Waals surface area contributed by atoms with Crippen LogP contribution in [0, 0.1) is 10.1 Å². The molecule has 1 atom stereocenters. The maximum Gasteiger partial charge on any atom is 0.271 e. The van der Waals surface area contributed by atoms with E-state index < -0.39 is 26.9 Å². The molecule has 8 nitrogen and oxygen atoms in total. The van der Waals surface area contributed by atoms with Crippen molar-refractivity contribution in [2.75, 3.05) is 22.9 Å². The Bertz CT molecular complexity index is 951. The molecule has 156 valence electrons. The van der Waals surface area contributed by atoms with Crippen molar-refractivity contribution >= 4 is 39.1 Å². The van der Waals surface area contributed by atoms with Gasteiger partial charge in [-0.2, -0.15) is 11.8 Å². The Morgan fingerprint density at radius 1 is 1.21 bits per heavy atom. The van der Waals surface area contributed by atoms with Gasteiger partial charge in [0.1, 0.15) is 6.04 Å². The van der Waals surface area contributed by atoms with Gasteiger partial charge < -0.3 is 5.32 Å². The fourth-order valence-electron chi connectivity index (χ4n) is 2.71. The van der Waals surface area contributed by atoms with Crippen LogP contribution in [0.4, 0.5) is 11.4 Å². The van der Waals surface area contributed by atoms with Crippen LogP contribution in [-0.2, 0) is 20.6 Å². The molecule has 0 radical (unpaired) electrons. The standard InChI is InChI=1S/C19H23N3O5S2/c1-15(19(23)20-11-12-28-14-16-7-4-3-5-8-16)21(29(2,26)27)17-9-6-10-18(13-17)22(24)25/h3-10,13,15H,11-12,14H2,1-2H3,(H,20,23)/t15-/m1/s1. The lowest BCUT2D eigenvalue weighted by molar-refractivity contribution is -0.384. The molecular formula is C19H23N3O5S2. The summed E-state index contributed by atoms with van der Waals surface area (Å²) in [6.07, 6.45) is 0.964. The molecule has 0 unspecified atom stereocenters. The van der Waals surface area contributed by atoms with E-state index in [9.17, 15) is 23.3 Å². The number of amides is 1. The highest BCUT2D eigenvalue weighted by molar-refractivity contribution is 7.98. The number of hydrogen-bond acceptors (Lipinski definition) is 6. The van der Waals surface area contributed by atoms with Crippen LogP contribution in [0.3, 0.4) is 0 Å². The van der Waals surface area contributed by atoms with E-state index in [2.05, 4.69) is 5.32 Å². The van der Waals surface area contributed by atoms with Crippen LogP contribution in [-0.4, -0.2) is 43.8 Å². The molecule has 0 fully saturated rings. The van der Waals surface area contributed by atoms with Gasteiger partial charge in [0.15, 0.2) is 0 Å². The number of rotatable bonds is 10. The molecular weight excluding hydrogens is 414 g/mol. The lowest BCUT2D eigenvalue weighted by atomic mass is 10.2. The number of thioether (sulfide) groups is 1. The van der Waals surface area contributed by atoms with Gasteiger partial charge in [0.25, 0.3) is 5.69 Å². The minimum atomic E-state index is -3.83. The molecule has 2 aromatic carbocycles. The van der Waals surface area contributed by atoms with Crippen LogP contribution < -0.4 is 9.62 Å². The Kier molecular flexibility index (Phi) is 8.03. The first-order valence-corrected chi connectivity index (χ1v) is 11.8. The van der Waals surface area contributed by atoms with Crippen molar-refractivity contribution in [1.82, 2.24) is 5.32 Å². The minimum absolute atomic E-state index is 0.0720. The summed E-state index contributed by atoms with van der Waals surface area (Å²) in [6, 6.07) is 14.1. The smallest absolute Gasteiger partial charge is 0.271 e. The van der Waals surface area contributed by atoms with Crippen molar-refractivity contribution in [1.29, 1.82) is 0 Å². The largest absolute Gasteiger partial charge is 0.353 e. The van der Waals surface area contributed by atoms with Gasteiger partial charge >= 0.3 is 0 Å². The summed E-state index contributed by atoms with van der Waals surface area (Å²) in [6.45, 7) is 1.83. The van der Waals surface area contributed by atoms with Crippen LogP contribution in [0.25, 0.3) is 0 Å². The van der Waals surface area contributed by atoms with E-state index in [1.54, 1.807) is 11.8 Å². The summed E-state index contributed by atoms with van der Waals surface area (Å²) in [5.41, 5.74) is 1.01. The van der Waals surface area contributed by atoms with Crippen molar-refractivity contribution in [2.24, 2.45) is 0 Å². The second kappa shape index (κ2) is 10.3. The summed E-state index contributed by atoms with van der Waals surface area (Å²) < 4.78 is 25.4. The quantitative estimate of drug-likeness (QED) is 0.348. The minimum Gasteiger partial charge on any atom is -0.353 e. The monoisotopic (exact) mass is 437 g/mol. The Labute approximate surface area is 174 Å². The zero-order valence-electron chi connectivity index (χ0n) is 16.1. The third kappa shape index (κ3) is 6.75. The Morgan fingerprint density at radius 3 is 2.52 bits per heavy atom. The van der Waals surface area contributed by atoms with Gasteiger partial charge in [-0.3, -0.25) is 19.2 Å². The molecule has 0 aliphatic carbocycles. The fourth-order valence-corrected chi connectivity index (χ4v) is 4.70. The summed E-state index contributed by atoms with van der Waals surface area (Å²) in [5, 5.41) is 13.7. The number of anilines is 1. The second-order valence-electron chi connectivity index (χ2n) is 6.34.